The van der Waals surface area contributed by atoms with Crippen molar-refractivity contribution in [2.45, 2.75) is 0 Å². The van der Waals surface area contributed by atoms with Crippen LogP contribution >= 0.6 is 0 Å². The summed E-state index contributed by atoms with van der Waals surface area (Å²) in [6, 6.07) is 86.1. The van der Waals surface area contributed by atoms with Gasteiger partial charge in [0, 0.05) is 50.0 Å². The van der Waals surface area contributed by atoms with Gasteiger partial charge >= 0.3 is 0 Å². The van der Waals surface area contributed by atoms with Gasteiger partial charge < -0.3 is 19.0 Å². The first kappa shape index (κ1) is 37.7. The van der Waals surface area contributed by atoms with E-state index in [9.17, 15) is 0 Å². The molecule has 0 saturated carbocycles. The zero-order valence-corrected chi connectivity index (χ0v) is 35.8. The number of furan rings is 1. The van der Waals surface area contributed by atoms with Gasteiger partial charge in [0.1, 0.15) is 17.1 Å². The number of benzene rings is 11. The van der Waals surface area contributed by atoms with Crippen molar-refractivity contribution in [2.24, 2.45) is 0 Å². The van der Waals surface area contributed by atoms with Crippen LogP contribution in [0, 0.1) is 0 Å². The molecule has 13 rings (SSSR count). The minimum Gasteiger partial charge on any atom is -0.456 e. The Bertz CT molecular complexity index is 3790. The Morgan fingerprint density at radius 3 is 1.71 bits per heavy atom. The highest BCUT2D eigenvalue weighted by Crippen LogP contribution is 2.51. The number of rotatable bonds is 8. The first-order valence-electron chi connectivity index (χ1n) is 22.4. The summed E-state index contributed by atoms with van der Waals surface area (Å²) < 4.78 is 13.4. The Morgan fingerprint density at radius 2 is 0.909 bits per heavy atom. The van der Waals surface area contributed by atoms with Crippen LogP contribution in [0.5, 0.6) is 11.5 Å². The van der Waals surface area contributed by atoms with Crippen LogP contribution in [0.3, 0.4) is 0 Å². The van der Waals surface area contributed by atoms with Crippen LogP contribution in [0.2, 0.25) is 0 Å². The number of fused-ring (bicyclic) bond motifs is 7. The predicted octanol–water partition coefficient (Wildman–Crippen LogP) is 17.9. The van der Waals surface area contributed by atoms with E-state index in [-0.39, 0.29) is 0 Å². The molecule has 2 heterocycles. The van der Waals surface area contributed by atoms with Crippen LogP contribution < -0.4 is 14.5 Å². The standard InChI is InChI=1S/C62H40N2O2/c1-4-16-42(17-5-1)49-22-10-12-26-56(49)64(46-20-8-3-9-21-46)48-36-32-44-38-55-51-37-33-43(39-60(51)65-59-29-15-24-52(61(55)59)54(44)40-48)41-30-34-47(35-31-41)63(45-18-6-2-7-19-45)57-27-14-25-53-50-23-11-13-28-58(50)66-62(53)57/h1-40H. The van der Waals surface area contributed by atoms with E-state index in [1.165, 1.54) is 27.5 Å². The van der Waals surface area contributed by atoms with Crippen molar-refractivity contribution in [1.29, 1.82) is 0 Å². The molecule has 1 aromatic heterocycles. The van der Waals surface area contributed by atoms with Gasteiger partial charge in [-0.15, -0.1) is 0 Å². The fourth-order valence-electron chi connectivity index (χ4n) is 9.98. The van der Waals surface area contributed by atoms with Gasteiger partial charge in [-0.3, -0.25) is 0 Å². The molecule has 0 radical (unpaired) electrons. The quantitative estimate of drug-likeness (QED) is 0.143. The number of hydrogen-bond donors (Lipinski definition) is 0. The van der Waals surface area contributed by atoms with E-state index < -0.39 is 0 Å². The second kappa shape index (κ2) is 15.4. The molecule has 0 bridgehead atoms. The lowest BCUT2D eigenvalue weighted by Gasteiger charge is -2.28. The van der Waals surface area contributed by atoms with E-state index in [4.69, 9.17) is 9.15 Å². The summed E-state index contributed by atoms with van der Waals surface area (Å²) in [7, 11) is 0. The van der Waals surface area contributed by atoms with Crippen LogP contribution in [-0.4, -0.2) is 0 Å². The van der Waals surface area contributed by atoms with Crippen molar-refractivity contribution in [3.05, 3.63) is 243 Å². The number of hydrogen-bond acceptors (Lipinski definition) is 4. The molecule has 0 unspecified atom stereocenters. The number of ether oxygens (including phenoxy) is 1. The van der Waals surface area contributed by atoms with E-state index in [2.05, 4.69) is 240 Å². The molecule has 310 valence electrons. The second-order valence-electron chi connectivity index (χ2n) is 16.8. The van der Waals surface area contributed by atoms with Crippen molar-refractivity contribution >= 4 is 77.6 Å². The Balaban J connectivity index is 0.879. The van der Waals surface area contributed by atoms with Gasteiger partial charge in [0.05, 0.1) is 11.4 Å². The van der Waals surface area contributed by atoms with E-state index in [1.54, 1.807) is 0 Å². The van der Waals surface area contributed by atoms with Gasteiger partial charge in [0.2, 0.25) is 0 Å². The van der Waals surface area contributed by atoms with Crippen LogP contribution in [0.1, 0.15) is 0 Å². The molecule has 0 spiro atoms. The molecule has 12 aromatic rings. The molecule has 0 atom stereocenters. The summed E-state index contributed by atoms with van der Waals surface area (Å²) in [6.45, 7) is 0. The van der Waals surface area contributed by atoms with Crippen LogP contribution in [0.4, 0.5) is 34.1 Å². The molecule has 1 aliphatic heterocycles. The van der Waals surface area contributed by atoms with E-state index in [1.807, 2.05) is 12.1 Å². The van der Waals surface area contributed by atoms with Gasteiger partial charge in [0.25, 0.3) is 0 Å². The molecule has 0 amide bonds. The van der Waals surface area contributed by atoms with Gasteiger partial charge in [-0.25, -0.2) is 0 Å². The van der Waals surface area contributed by atoms with E-state index in [0.29, 0.717) is 0 Å². The Kier molecular flexibility index (Phi) is 8.81. The Hall–Kier alpha value is -8.86. The molecule has 66 heavy (non-hydrogen) atoms. The molecule has 1 aliphatic rings. The molecule has 0 aliphatic carbocycles. The predicted molar refractivity (Wildman–Crippen MR) is 274 cm³/mol. The summed E-state index contributed by atoms with van der Waals surface area (Å²) in [5, 5.41) is 6.86. The number of para-hydroxylation sites is 5. The van der Waals surface area contributed by atoms with E-state index >= 15 is 0 Å². The largest absolute Gasteiger partial charge is 0.456 e. The smallest absolute Gasteiger partial charge is 0.159 e. The zero-order valence-electron chi connectivity index (χ0n) is 35.8. The van der Waals surface area contributed by atoms with Crippen molar-refractivity contribution in [3.8, 4) is 44.9 Å². The van der Waals surface area contributed by atoms with Gasteiger partial charge in [-0.2, -0.15) is 0 Å². The Morgan fingerprint density at radius 1 is 0.303 bits per heavy atom. The lowest BCUT2D eigenvalue weighted by molar-refractivity contribution is 0.487. The SMILES string of the molecule is c1ccc(-c2ccccc2N(c2ccccc2)c2ccc3cc4c5c(cccc5c3c2)Oc2cc(-c3ccc(N(c5ccccc5)c5cccc6c5oc5ccccc56)cc3)ccc2-4)cc1. The van der Waals surface area contributed by atoms with Crippen LogP contribution in [0.15, 0.2) is 247 Å². The number of anilines is 6. The molecule has 4 heteroatoms. The van der Waals surface area contributed by atoms with Crippen molar-refractivity contribution < 1.29 is 9.15 Å². The zero-order chi connectivity index (χ0) is 43.6. The van der Waals surface area contributed by atoms with Crippen molar-refractivity contribution in [2.75, 3.05) is 9.80 Å². The second-order valence-corrected chi connectivity index (χ2v) is 16.8. The third-order valence-electron chi connectivity index (χ3n) is 13.0. The third kappa shape index (κ3) is 6.22. The lowest BCUT2D eigenvalue weighted by atomic mass is 9.89. The summed E-state index contributed by atoms with van der Waals surface area (Å²) in [5.74, 6) is 1.71. The molecular formula is C62H40N2O2. The highest BCUT2D eigenvalue weighted by atomic mass is 16.5. The minimum absolute atomic E-state index is 0.850. The van der Waals surface area contributed by atoms with Crippen molar-refractivity contribution in [1.82, 2.24) is 0 Å². The lowest BCUT2D eigenvalue weighted by Crippen LogP contribution is -2.11. The maximum Gasteiger partial charge on any atom is 0.159 e. The fraction of sp³-hybridized carbons (Fsp3) is 0. The summed E-state index contributed by atoms with van der Waals surface area (Å²) in [4.78, 5) is 4.65. The molecule has 0 fully saturated rings. The molecule has 0 saturated heterocycles. The number of nitrogens with zero attached hydrogens (tertiary/aromatic N) is 2. The topological polar surface area (TPSA) is 28.9 Å². The van der Waals surface area contributed by atoms with E-state index in [0.717, 1.165) is 95.0 Å². The van der Waals surface area contributed by atoms with Gasteiger partial charge in [0.15, 0.2) is 5.58 Å². The normalized spacial score (nSPS) is 11.8. The molecule has 11 aromatic carbocycles. The average Bonchev–Trinajstić information content (AvgIpc) is 3.77. The first-order valence-corrected chi connectivity index (χ1v) is 22.4. The maximum atomic E-state index is 6.86. The van der Waals surface area contributed by atoms with Gasteiger partial charge in [-0.05, 0) is 129 Å². The third-order valence-corrected chi connectivity index (χ3v) is 13.0. The molecular weight excluding hydrogens is 805 g/mol. The average molecular weight is 845 g/mol. The molecule has 0 N–H and O–H groups in total. The summed E-state index contributed by atoms with van der Waals surface area (Å²) >= 11 is 0. The van der Waals surface area contributed by atoms with Crippen molar-refractivity contribution in [3.63, 3.8) is 0 Å². The summed E-state index contributed by atoms with van der Waals surface area (Å²) in [6.07, 6.45) is 0. The highest BCUT2D eigenvalue weighted by Gasteiger charge is 2.25. The Labute approximate surface area is 382 Å². The molecule has 4 nitrogen and oxygen atoms in total. The monoisotopic (exact) mass is 844 g/mol. The summed E-state index contributed by atoms with van der Waals surface area (Å²) in [5.41, 5.74) is 14.9. The first-order chi connectivity index (χ1) is 32.7. The van der Waals surface area contributed by atoms with Crippen LogP contribution in [-0.2, 0) is 0 Å². The fourth-order valence-corrected chi connectivity index (χ4v) is 9.98. The minimum atomic E-state index is 0.850. The maximum absolute atomic E-state index is 6.86. The van der Waals surface area contributed by atoms with Crippen LogP contribution in [0.25, 0.3) is 76.9 Å². The van der Waals surface area contributed by atoms with Gasteiger partial charge in [-0.1, -0.05) is 152 Å². The highest BCUT2D eigenvalue weighted by molar-refractivity contribution is 6.18.